The van der Waals surface area contributed by atoms with Crippen molar-refractivity contribution in [3.05, 3.63) is 60.2 Å². The Labute approximate surface area is 160 Å². The fourth-order valence-corrected chi connectivity index (χ4v) is 4.11. The zero-order valence-corrected chi connectivity index (χ0v) is 15.6. The Morgan fingerprint density at radius 3 is 2.78 bits per heavy atom. The van der Waals surface area contributed by atoms with E-state index in [1.165, 1.54) is 29.3 Å². The Hall–Kier alpha value is -2.55. The zero-order valence-electron chi connectivity index (χ0n) is 15.6. The first kappa shape index (κ1) is 17.8. The number of fused-ring (bicyclic) bond motifs is 1. The third-order valence-corrected chi connectivity index (χ3v) is 5.44. The van der Waals surface area contributed by atoms with Crippen molar-refractivity contribution >= 4 is 10.9 Å². The molecule has 0 aliphatic carbocycles. The number of para-hydroxylation sites is 1. The topological polar surface area (TPSA) is 57.1 Å². The van der Waals surface area contributed by atoms with Crippen LogP contribution in [0.5, 0.6) is 0 Å². The Bertz CT molecular complexity index is 900. The summed E-state index contributed by atoms with van der Waals surface area (Å²) < 4.78 is 7.91. The zero-order chi connectivity index (χ0) is 18.5. The number of likely N-dealkylation sites (tertiary alicyclic amines) is 1. The fourth-order valence-electron chi connectivity index (χ4n) is 4.11. The molecule has 2 aromatic heterocycles. The molecule has 0 saturated carbocycles. The van der Waals surface area contributed by atoms with Crippen molar-refractivity contribution in [2.24, 2.45) is 0 Å². The lowest BCUT2D eigenvalue weighted by atomic mass is 10.1. The van der Waals surface area contributed by atoms with Crippen LogP contribution in [-0.2, 0) is 13.1 Å². The molecular formula is C22H26N4O. The Balaban J connectivity index is 1.47. The van der Waals surface area contributed by atoms with E-state index in [-0.39, 0.29) is 6.04 Å². The molecule has 140 valence electrons. The van der Waals surface area contributed by atoms with Gasteiger partial charge in [-0.05, 0) is 49.7 Å². The number of furan rings is 1. The fraction of sp³-hybridized carbons (Fsp3) is 0.409. The van der Waals surface area contributed by atoms with Crippen molar-refractivity contribution in [2.75, 3.05) is 19.6 Å². The van der Waals surface area contributed by atoms with Gasteiger partial charge in [0.05, 0.1) is 24.8 Å². The molecule has 1 aromatic carbocycles. The number of nitrogens with zero attached hydrogens (tertiary/aromatic N) is 3. The van der Waals surface area contributed by atoms with Gasteiger partial charge in [-0.25, -0.2) is 0 Å². The van der Waals surface area contributed by atoms with Gasteiger partial charge in [0.2, 0.25) is 0 Å². The van der Waals surface area contributed by atoms with Gasteiger partial charge in [0.1, 0.15) is 5.76 Å². The van der Waals surface area contributed by atoms with Crippen LogP contribution in [0.4, 0.5) is 0 Å². The van der Waals surface area contributed by atoms with Gasteiger partial charge in [-0.2, -0.15) is 5.26 Å². The lowest BCUT2D eigenvalue weighted by Gasteiger charge is -2.26. The van der Waals surface area contributed by atoms with Gasteiger partial charge in [0, 0.05) is 36.7 Å². The molecule has 5 heteroatoms. The van der Waals surface area contributed by atoms with E-state index in [2.05, 4.69) is 57.4 Å². The first-order valence-electron chi connectivity index (χ1n) is 9.78. The standard InChI is InChI=1S/C22H26N4O/c23-10-6-13-26-17-18(19-7-1-2-8-20(19)26)15-24-16-21(22-9-5-14-27-22)25-11-3-4-12-25/h1-2,5,7-9,14,17,21,24H,3-4,6,11-13,15-16H2. The highest BCUT2D eigenvalue weighted by atomic mass is 16.3. The SMILES string of the molecule is N#CCCn1cc(CNCC(c2ccco2)N2CCCC2)c2ccccc21. The van der Waals surface area contributed by atoms with Crippen LogP contribution in [0, 0.1) is 11.3 Å². The third kappa shape index (κ3) is 3.92. The molecule has 1 saturated heterocycles. The van der Waals surface area contributed by atoms with Crippen molar-refractivity contribution in [1.82, 2.24) is 14.8 Å². The van der Waals surface area contributed by atoms with Gasteiger partial charge in [-0.15, -0.1) is 0 Å². The molecule has 1 fully saturated rings. The summed E-state index contributed by atoms with van der Waals surface area (Å²) in [7, 11) is 0. The number of rotatable bonds is 8. The molecule has 1 atom stereocenters. The van der Waals surface area contributed by atoms with E-state index in [0.29, 0.717) is 6.42 Å². The molecule has 1 N–H and O–H groups in total. The number of hydrogen-bond acceptors (Lipinski definition) is 4. The molecule has 4 rings (SSSR count). The van der Waals surface area contributed by atoms with Crippen LogP contribution in [0.3, 0.4) is 0 Å². The average Bonchev–Trinajstić information content (AvgIpc) is 3.45. The van der Waals surface area contributed by atoms with Gasteiger partial charge < -0.3 is 14.3 Å². The second-order valence-corrected chi connectivity index (χ2v) is 7.18. The number of nitrogens with one attached hydrogen (secondary N) is 1. The summed E-state index contributed by atoms with van der Waals surface area (Å²) in [6.45, 7) is 4.69. The minimum absolute atomic E-state index is 0.287. The van der Waals surface area contributed by atoms with Gasteiger partial charge in [-0.3, -0.25) is 4.90 Å². The highest BCUT2D eigenvalue weighted by molar-refractivity contribution is 5.83. The largest absolute Gasteiger partial charge is 0.468 e. The molecule has 1 aliphatic heterocycles. The maximum Gasteiger partial charge on any atom is 0.122 e. The molecule has 3 heterocycles. The Kier molecular flexibility index (Phi) is 5.57. The lowest BCUT2D eigenvalue weighted by Crippen LogP contribution is -2.33. The van der Waals surface area contributed by atoms with E-state index in [9.17, 15) is 0 Å². The van der Waals surface area contributed by atoms with Gasteiger partial charge in [0.15, 0.2) is 0 Å². The second-order valence-electron chi connectivity index (χ2n) is 7.18. The molecule has 0 spiro atoms. The minimum Gasteiger partial charge on any atom is -0.468 e. The first-order valence-corrected chi connectivity index (χ1v) is 9.78. The number of aromatic nitrogens is 1. The monoisotopic (exact) mass is 362 g/mol. The lowest BCUT2D eigenvalue weighted by molar-refractivity contribution is 0.209. The molecule has 3 aromatic rings. The number of benzene rings is 1. The van der Waals surface area contributed by atoms with E-state index in [1.54, 1.807) is 6.26 Å². The molecule has 5 nitrogen and oxygen atoms in total. The van der Waals surface area contributed by atoms with E-state index in [0.717, 1.165) is 38.5 Å². The van der Waals surface area contributed by atoms with Crippen LogP contribution < -0.4 is 5.32 Å². The second kappa shape index (κ2) is 8.43. The average molecular weight is 362 g/mol. The summed E-state index contributed by atoms with van der Waals surface area (Å²) in [6.07, 6.45) is 7.02. The van der Waals surface area contributed by atoms with Crippen LogP contribution in [0.15, 0.2) is 53.3 Å². The van der Waals surface area contributed by atoms with E-state index < -0.39 is 0 Å². The summed E-state index contributed by atoms with van der Waals surface area (Å²) >= 11 is 0. The normalized spacial score (nSPS) is 16.0. The van der Waals surface area contributed by atoms with E-state index in [4.69, 9.17) is 9.68 Å². The maximum absolute atomic E-state index is 8.91. The highest BCUT2D eigenvalue weighted by Gasteiger charge is 2.25. The van der Waals surface area contributed by atoms with Gasteiger partial charge >= 0.3 is 0 Å². The minimum atomic E-state index is 0.287. The van der Waals surface area contributed by atoms with Crippen molar-refractivity contribution < 1.29 is 4.42 Å². The number of nitriles is 1. The third-order valence-electron chi connectivity index (χ3n) is 5.44. The quantitative estimate of drug-likeness (QED) is 0.656. The van der Waals surface area contributed by atoms with Crippen LogP contribution in [0.1, 0.15) is 36.6 Å². The van der Waals surface area contributed by atoms with E-state index >= 15 is 0 Å². The predicted molar refractivity (Wildman–Crippen MR) is 106 cm³/mol. The molecule has 0 amide bonds. The van der Waals surface area contributed by atoms with Gasteiger partial charge in [-0.1, -0.05) is 18.2 Å². The Morgan fingerprint density at radius 2 is 2.00 bits per heavy atom. The Morgan fingerprint density at radius 1 is 1.15 bits per heavy atom. The maximum atomic E-state index is 8.91. The molecular weight excluding hydrogens is 336 g/mol. The highest BCUT2D eigenvalue weighted by Crippen LogP contribution is 2.26. The molecule has 1 aliphatic rings. The van der Waals surface area contributed by atoms with Crippen LogP contribution in [0.2, 0.25) is 0 Å². The van der Waals surface area contributed by atoms with Gasteiger partial charge in [0.25, 0.3) is 0 Å². The first-order chi connectivity index (χ1) is 13.4. The van der Waals surface area contributed by atoms with Crippen molar-refractivity contribution in [1.29, 1.82) is 5.26 Å². The van der Waals surface area contributed by atoms with E-state index in [1.807, 2.05) is 6.07 Å². The molecule has 1 unspecified atom stereocenters. The summed E-state index contributed by atoms with van der Waals surface area (Å²) in [5, 5.41) is 13.8. The summed E-state index contributed by atoms with van der Waals surface area (Å²) in [4.78, 5) is 2.52. The molecule has 0 radical (unpaired) electrons. The molecule has 0 bridgehead atoms. The van der Waals surface area contributed by atoms with Crippen LogP contribution in [-0.4, -0.2) is 29.1 Å². The summed E-state index contributed by atoms with van der Waals surface area (Å²) in [6, 6.07) is 15.0. The smallest absolute Gasteiger partial charge is 0.122 e. The summed E-state index contributed by atoms with van der Waals surface area (Å²) in [5.74, 6) is 1.04. The predicted octanol–water partition coefficient (Wildman–Crippen LogP) is 4.07. The van der Waals surface area contributed by atoms with Crippen molar-refractivity contribution in [2.45, 2.75) is 38.4 Å². The van der Waals surface area contributed by atoms with Crippen LogP contribution >= 0.6 is 0 Å². The molecule has 27 heavy (non-hydrogen) atoms. The number of aryl methyl sites for hydroxylation is 1. The summed E-state index contributed by atoms with van der Waals surface area (Å²) in [5.41, 5.74) is 2.48. The van der Waals surface area contributed by atoms with Crippen molar-refractivity contribution in [3.8, 4) is 6.07 Å². The number of hydrogen-bond donors (Lipinski definition) is 1. The van der Waals surface area contributed by atoms with Crippen LogP contribution in [0.25, 0.3) is 10.9 Å². The van der Waals surface area contributed by atoms with Crippen molar-refractivity contribution in [3.63, 3.8) is 0 Å².